The van der Waals surface area contributed by atoms with E-state index >= 15 is 0 Å². The van der Waals surface area contributed by atoms with Gasteiger partial charge in [-0.2, -0.15) is 13.2 Å². The van der Waals surface area contributed by atoms with E-state index in [9.17, 15) is 27.2 Å². The molecule has 1 fully saturated rings. The number of fused-ring (bicyclic) bond motifs is 1. The Morgan fingerprint density at radius 2 is 1.86 bits per heavy atom. The zero-order valence-electron chi connectivity index (χ0n) is 17.9. The van der Waals surface area contributed by atoms with Crippen LogP contribution in [-0.2, 0) is 32.0 Å². The number of alkyl halides is 3. The third-order valence-electron chi connectivity index (χ3n) is 5.80. The van der Waals surface area contributed by atoms with Crippen LogP contribution in [0.4, 0.5) is 17.6 Å². The Kier molecular flexibility index (Phi) is 5.67. The first-order chi connectivity index (χ1) is 16.7. The fourth-order valence-corrected chi connectivity index (χ4v) is 3.88. The Hall–Kier alpha value is -3.93. The molecule has 12 heteroatoms. The highest BCUT2D eigenvalue weighted by molar-refractivity contribution is 6.00. The van der Waals surface area contributed by atoms with Crippen LogP contribution < -0.4 is 4.74 Å². The van der Waals surface area contributed by atoms with E-state index in [0.717, 1.165) is 12.5 Å². The predicted octanol–water partition coefficient (Wildman–Crippen LogP) is 4.36. The number of nitrogens with zero attached hydrogens (tertiary/aromatic N) is 3. The summed E-state index contributed by atoms with van der Waals surface area (Å²) in [6.45, 7) is -0.168. The fraction of sp³-hybridized carbons (Fsp3) is 0.261. The molecule has 1 aliphatic carbocycles. The second kappa shape index (κ2) is 8.69. The van der Waals surface area contributed by atoms with Gasteiger partial charge in [0.15, 0.2) is 0 Å². The number of rotatable bonds is 5. The number of carbonyl (C=O) groups is 2. The third-order valence-corrected chi connectivity index (χ3v) is 5.80. The molecule has 2 aliphatic rings. The van der Waals surface area contributed by atoms with Gasteiger partial charge < -0.3 is 18.8 Å². The molecule has 3 aromatic rings. The Morgan fingerprint density at radius 1 is 1.09 bits per heavy atom. The molecule has 182 valence electrons. The second-order valence-electron chi connectivity index (χ2n) is 8.05. The molecule has 0 atom stereocenters. The summed E-state index contributed by atoms with van der Waals surface area (Å²) >= 11 is 0. The van der Waals surface area contributed by atoms with Gasteiger partial charge in [0.25, 0.3) is 0 Å². The summed E-state index contributed by atoms with van der Waals surface area (Å²) in [5.74, 6) is -5.04. The lowest BCUT2D eigenvalue weighted by atomic mass is 9.79. The maximum atomic E-state index is 13.7. The van der Waals surface area contributed by atoms with Crippen molar-refractivity contribution in [3.63, 3.8) is 0 Å². The molecule has 0 amide bonds. The van der Waals surface area contributed by atoms with Crippen molar-refractivity contribution in [3.8, 4) is 5.75 Å². The molecule has 0 unspecified atom stereocenters. The van der Waals surface area contributed by atoms with E-state index in [0.29, 0.717) is 41.4 Å². The Balaban J connectivity index is 1.46. The molecular formula is C23H17F4N3O5. The Labute approximate surface area is 195 Å². The fourth-order valence-electron chi connectivity index (χ4n) is 3.88. The molecule has 3 heterocycles. The van der Waals surface area contributed by atoms with Crippen molar-refractivity contribution in [1.82, 2.24) is 14.6 Å². The number of hydrogen-bond acceptors (Lipinski definition) is 7. The molecule has 1 aromatic carbocycles. The van der Waals surface area contributed by atoms with Crippen molar-refractivity contribution < 1.29 is 41.6 Å². The average Bonchev–Trinajstić information content (AvgIpc) is 3.21. The Morgan fingerprint density at radius 3 is 2.57 bits per heavy atom. The van der Waals surface area contributed by atoms with Gasteiger partial charge in [-0.1, -0.05) is 12.5 Å². The van der Waals surface area contributed by atoms with Gasteiger partial charge in [-0.25, -0.2) is 19.0 Å². The van der Waals surface area contributed by atoms with Crippen molar-refractivity contribution in [2.75, 3.05) is 0 Å². The highest BCUT2D eigenvalue weighted by atomic mass is 19.4. The van der Waals surface area contributed by atoms with Crippen LogP contribution >= 0.6 is 0 Å². The molecule has 1 saturated carbocycles. The van der Waals surface area contributed by atoms with Gasteiger partial charge in [-0.05, 0) is 43.0 Å². The summed E-state index contributed by atoms with van der Waals surface area (Å²) in [5, 5.41) is 0.676. The summed E-state index contributed by atoms with van der Waals surface area (Å²) in [5.41, 5.74) is -0.597. The van der Waals surface area contributed by atoms with Gasteiger partial charge in [-0.3, -0.25) is 0 Å². The van der Waals surface area contributed by atoms with Crippen LogP contribution in [-0.4, -0.2) is 26.5 Å². The van der Waals surface area contributed by atoms with E-state index in [1.54, 1.807) is 35.1 Å². The third kappa shape index (κ3) is 4.44. The molecule has 1 aliphatic heterocycles. The zero-order chi connectivity index (χ0) is 24.7. The molecule has 0 saturated heterocycles. The number of imidazole rings is 1. The summed E-state index contributed by atoms with van der Waals surface area (Å²) in [4.78, 5) is 40.7. The van der Waals surface area contributed by atoms with Gasteiger partial charge in [-0.15, -0.1) is 0 Å². The van der Waals surface area contributed by atoms with Crippen molar-refractivity contribution in [2.45, 2.75) is 32.0 Å². The molecule has 0 radical (unpaired) electrons. The summed E-state index contributed by atoms with van der Waals surface area (Å²) in [6.07, 6.45) is 1.93. The number of carbonyl (C=O) groups excluding carboxylic acids is 2. The van der Waals surface area contributed by atoms with E-state index < -0.39 is 46.9 Å². The number of benzene rings is 1. The van der Waals surface area contributed by atoms with Crippen LogP contribution in [0.2, 0.25) is 0 Å². The van der Waals surface area contributed by atoms with E-state index in [4.69, 9.17) is 14.4 Å². The average molecular weight is 491 g/mol. The largest absolute Gasteiger partial charge is 0.449 e. The van der Waals surface area contributed by atoms with Crippen LogP contribution in [0, 0.1) is 11.7 Å². The number of halogens is 4. The molecule has 0 spiro atoms. The van der Waals surface area contributed by atoms with Crippen molar-refractivity contribution in [1.29, 1.82) is 0 Å². The monoisotopic (exact) mass is 491 g/mol. The van der Waals surface area contributed by atoms with E-state index in [1.165, 1.54) is 0 Å². The first kappa shape index (κ1) is 22.8. The SMILES string of the molecule is O=C1ON(Cc2cccn3ccnc23)OC(=O)C(C2CCC2)=C1Oc1ccc(F)c(C(F)(F)F)c1. The van der Waals surface area contributed by atoms with Crippen LogP contribution in [0.15, 0.2) is 60.3 Å². The first-order valence-corrected chi connectivity index (χ1v) is 10.6. The second-order valence-corrected chi connectivity index (χ2v) is 8.05. The van der Waals surface area contributed by atoms with E-state index in [-0.39, 0.29) is 12.1 Å². The van der Waals surface area contributed by atoms with E-state index in [1.807, 2.05) is 0 Å². The maximum absolute atomic E-state index is 13.7. The number of aromatic nitrogens is 2. The molecule has 2 aromatic heterocycles. The maximum Gasteiger partial charge on any atom is 0.419 e. The topological polar surface area (TPSA) is 82.4 Å². The Bertz CT molecular complexity index is 1350. The molecule has 8 nitrogen and oxygen atoms in total. The lowest BCUT2D eigenvalue weighted by molar-refractivity contribution is -0.325. The van der Waals surface area contributed by atoms with Gasteiger partial charge >= 0.3 is 18.1 Å². The molecular weight excluding hydrogens is 474 g/mol. The van der Waals surface area contributed by atoms with Gasteiger partial charge in [0.05, 0.1) is 11.1 Å². The molecule has 5 rings (SSSR count). The van der Waals surface area contributed by atoms with Crippen molar-refractivity contribution in [3.05, 3.63) is 77.2 Å². The first-order valence-electron chi connectivity index (χ1n) is 10.6. The summed E-state index contributed by atoms with van der Waals surface area (Å²) in [6, 6.07) is 5.34. The standard InChI is InChI=1S/C23H17F4N3O5/c24-17-7-6-15(11-16(17)23(25,26)27)33-19-18(13-3-1-4-13)21(31)34-30(35-22(19)32)12-14-5-2-9-29-10-8-28-20(14)29/h2,5-11,13H,1,3-4,12H2. The minimum atomic E-state index is -4.98. The zero-order valence-corrected chi connectivity index (χ0v) is 17.9. The van der Waals surface area contributed by atoms with Crippen LogP contribution in [0.3, 0.4) is 0 Å². The summed E-state index contributed by atoms with van der Waals surface area (Å²) in [7, 11) is 0. The molecule has 0 bridgehead atoms. The smallest absolute Gasteiger partial charge is 0.419 e. The minimum absolute atomic E-state index is 0.138. The predicted molar refractivity (Wildman–Crippen MR) is 109 cm³/mol. The van der Waals surface area contributed by atoms with Crippen LogP contribution in [0.5, 0.6) is 5.75 Å². The lowest BCUT2D eigenvalue weighted by Crippen LogP contribution is -2.29. The lowest BCUT2D eigenvalue weighted by Gasteiger charge is -2.27. The van der Waals surface area contributed by atoms with Gasteiger partial charge in [0, 0.05) is 29.4 Å². The number of pyridine rings is 1. The van der Waals surface area contributed by atoms with Crippen molar-refractivity contribution >= 4 is 17.6 Å². The quantitative estimate of drug-likeness (QED) is 0.491. The van der Waals surface area contributed by atoms with Crippen molar-refractivity contribution in [2.24, 2.45) is 5.92 Å². The van der Waals surface area contributed by atoms with Crippen LogP contribution in [0.25, 0.3) is 5.65 Å². The van der Waals surface area contributed by atoms with Crippen LogP contribution in [0.1, 0.15) is 30.4 Å². The highest BCUT2D eigenvalue weighted by Crippen LogP contribution is 2.39. The molecule has 35 heavy (non-hydrogen) atoms. The van der Waals surface area contributed by atoms with E-state index in [2.05, 4.69) is 4.98 Å². The normalized spacial score (nSPS) is 17.7. The number of ether oxygens (including phenoxy) is 1. The number of hydrogen-bond donors (Lipinski definition) is 0. The number of hydroxylamine groups is 2. The van der Waals surface area contributed by atoms with Gasteiger partial charge in [0.2, 0.25) is 5.76 Å². The molecule has 0 N–H and O–H groups in total. The minimum Gasteiger partial charge on any atom is -0.449 e. The summed E-state index contributed by atoms with van der Waals surface area (Å²) < 4.78 is 60.3. The van der Waals surface area contributed by atoms with Gasteiger partial charge in [0.1, 0.15) is 23.8 Å². The highest BCUT2D eigenvalue weighted by Gasteiger charge is 2.41.